The second-order valence-corrected chi connectivity index (χ2v) is 4.36. The quantitative estimate of drug-likeness (QED) is 0.883. The zero-order valence-electron chi connectivity index (χ0n) is 10.5. The van der Waals surface area contributed by atoms with E-state index in [0.29, 0.717) is 5.56 Å². The lowest BCUT2D eigenvalue weighted by molar-refractivity contribution is -0.136. The average Bonchev–Trinajstić information content (AvgIpc) is 2.34. The Balaban J connectivity index is 2.28. The first-order chi connectivity index (χ1) is 9.04. The third kappa shape index (κ3) is 3.55. The van der Waals surface area contributed by atoms with Crippen LogP contribution < -0.4 is 5.32 Å². The Hall–Kier alpha value is -2.36. The molecule has 3 nitrogen and oxygen atoms in total. The predicted octanol–water partition coefficient (Wildman–Crippen LogP) is 3.50. The van der Waals surface area contributed by atoms with Gasteiger partial charge in [0.25, 0.3) is 0 Å². The van der Waals surface area contributed by atoms with Gasteiger partial charge in [-0.05, 0) is 42.8 Å². The van der Waals surface area contributed by atoms with E-state index in [4.69, 9.17) is 5.11 Å². The summed E-state index contributed by atoms with van der Waals surface area (Å²) in [7, 11) is 0. The predicted molar refractivity (Wildman–Crippen MR) is 72.2 cm³/mol. The Bertz CT molecular complexity index is 594. The number of rotatable bonds is 4. The Kier molecular flexibility index (Phi) is 3.80. The molecule has 0 radical (unpaired) electrons. The van der Waals surface area contributed by atoms with Crippen molar-refractivity contribution in [2.24, 2.45) is 0 Å². The molecular formula is C15H14FNO2. The van der Waals surface area contributed by atoms with Crippen LogP contribution in [-0.4, -0.2) is 11.1 Å². The fraction of sp³-hybridized carbons (Fsp3) is 0.133. The summed E-state index contributed by atoms with van der Waals surface area (Å²) in [5.74, 6) is -1.19. The van der Waals surface area contributed by atoms with Crippen molar-refractivity contribution >= 4 is 17.3 Å². The molecule has 0 saturated carbocycles. The third-order valence-electron chi connectivity index (χ3n) is 2.73. The van der Waals surface area contributed by atoms with E-state index in [9.17, 15) is 9.18 Å². The number of aryl methyl sites for hydroxylation is 1. The van der Waals surface area contributed by atoms with Gasteiger partial charge in [-0.15, -0.1) is 0 Å². The van der Waals surface area contributed by atoms with Gasteiger partial charge in [0.05, 0.1) is 6.42 Å². The van der Waals surface area contributed by atoms with Gasteiger partial charge in [-0.2, -0.15) is 0 Å². The lowest BCUT2D eigenvalue weighted by atomic mass is 10.1. The largest absolute Gasteiger partial charge is 0.481 e. The number of benzene rings is 2. The zero-order chi connectivity index (χ0) is 13.8. The molecule has 2 aromatic rings. The summed E-state index contributed by atoms with van der Waals surface area (Å²) in [6.07, 6.45) is -0.0504. The smallest absolute Gasteiger partial charge is 0.307 e. The zero-order valence-corrected chi connectivity index (χ0v) is 10.5. The van der Waals surface area contributed by atoms with Crippen molar-refractivity contribution in [1.29, 1.82) is 0 Å². The summed E-state index contributed by atoms with van der Waals surface area (Å²) in [4.78, 5) is 10.9. The lowest BCUT2D eigenvalue weighted by Crippen LogP contribution is -2.04. The Morgan fingerprint density at radius 3 is 2.53 bits per heavy atom. The van der Waals surface area contributed by atoms with E-state index in [0.717, 1.165) is 16.9 Å². The number of carboxylic acids is 1. The van der Waals surface area contributed by atoms with Gasteiger partial charge in [0.1, 0.15) is 5.82 Å². The fourth-order valence-corrected chi connectivity index (χ4v) is 1.84. The molecule has 2 aromatic carbocycles. The Morgan fingerprint density at radius 2 is 1.89 bits per heavy atom. The van der Waals surface area contributed by atoms with Crippen molar-refractivity contribution in [2.75, 3.05) is 5.32 Å². The average molecular weight is 259 g/mol. The Labute approximate surface area is 110 Å². The van der Waals surface area contributed by atoms with Crippen molar-refractivity contribution in [3.8, 4) is 0 Å². The molecule has 19 heavy (non-hydrogen) atoms. The summed E-state index contributed by atoms with van der Waals surface area (Å²) in [5.41, 5.74) is 3.15. The van der Waals surface area contributed by atoms with E-state index in [-0.39, 0.29) is 12.2 Å². The van der Waals surface area contributed by atoms with Crippen LogP contribution in [0.25, 0.3) is 0 Å². The molecular weight excluding hydrogens is 245 g/mol. The van der Waals surface area contributed by atoms with Gasteiger partial charge >= 0.3 is 5.97 Å². The summed E-state index contributed by atoms with van der Waals surface area (Å²) in [5, 5.41) is 12.0. The number of carboxylic acid groups (broad SMARTS) is 1. The summed E-state index contributed by atoms with van der Waals surface area (Å²) < 4.78 is 12.8. The van der Waals surface area contributed by atoms with Crippen LogP contribution in [0, 0.1) is 12.7 Å². The molecule has 98 valence electrons. The van der Waals surface area contributed by atoms with Crippen LogP contribution in [0.1, 0.15) is 11.1 Å². The number of nitrogens with one attached hydrogen (secondary N) is 1. The number of hydrogen-bond donors (Lipinski definition) is 2. The molecule has 0 aromatic heterocycles. The molecule has 2 rings (SSSR count). The summed E-state index contributed by atoms with van der Waals surface area (Å²) in [6.45, 7) is 1.91. The van der Waals surface area contributed by atoms with Gasteiger partial charge in [-0.25, -0.2) is 4.39 Å². The van der Waals surface area contributed by atoms with Crippen molar-refractivity contribution < 1.29 is 14.3 Å². The monoisotopic (exact) mass is 259 g/mol. The van der Waals surface area contributed by atoms with Gasteiger partial charge in [-0.1, -0.05) is 17.7 Å². The van der Waals surface area contributed by atoms with E-state index in [1.807, 2.05) is 25.1 Å². The number of aliphatic carboxylic acids is 1. The maximum Gasteiger partial charge on any atom is 0.307 e. The topological polar surface area (TPSA) is 49.3 Å². The van der Waals surface area contributed by atoms with Crippen LogP contribution in [-0.2, 0) is 11.2 Å². The lowest BCUT2D eigenvalue weighted by Gasteiger charge is -2.12. The van der Waals surface area contributed by atoms with Gasteiger partial charge in [-0.3, -0.25) is 4.79 Å². The number of carbonyl (C=O) groups is 1. The minimum absolute atomic E-state index is 0.0504. The normalized spacial score (nSPS) is 10.2. The van der Waals surface area contributed by atoms with Crippen molar-refractivity contribution in [3.63, 3.8) is 0 Å². The molecule has 0 saturated heterocycles. The van der Waals surface area contributed by atoms with Gasteiger partial charge < -0.3 is 10.4 Å². The highest BCUT2D eigenvalue weighted by Gasteiger charge is 2.07. The Morgan fingerprint density at radius 1 is 1.21 bits per heavy atom. The van der Waals surface area contributed by atoms with E-state index >= 15 is 0 Å². The number of halogens is 1. The fourth-order valence-electron chi connectivity index (χ4n) is 1.84. The van der Waals surface area contributed by atoms with Crippen molar-refractivity contribution in [1.82, 2.24) is 0 Å². The van der Waals surface area contributed by atoms with E-state index in [2.05, 4.69) is 5.32 Å². The van der Waals surface area contributed by atoms with Gasteiger partial charge in [0, 0.05) is 11.4 Å². The summed E-state index contributed by atoms with van der Waals surface area (Å²) in [6, 6.07) is 11.5. The summed E-state index contributed by atoms with van der Waals surface area (Å²) >= 11 is 0. The standard InChI is InChI=1S/C15H14FNO2/c1-10-2-7-14(11(8-10)9-15(18)19)17-13-5-3-12(16)4-6-13/h2-8,17H,9H2,1H3,(H,18,19). The number of anilines is 2. The SMILES string of the molecule is Cc1ccc(Nc2ccc(F)cc2)c(CC(=O)O)c1. The molecule has 0 atom stereocenters. The van der Waals surface area contributed by atoms with Crippen LogP contribution >= 0.6 is 0 Å². The second kappa shape index (κ2) is 5.52. The number of hydrogen-bond acceptors (Lipinski definition) is 2. The molecule has 0 aliphatic heterocycles. The first kappa shape index (κ1) is 13.1. The maximum absolute atomic E-state index is 12.8. The van der Waals surface area contributed by atoms with E-state index in [1.54, 1.807) is 12.1 Å². The van der Waals surface area contributed by atoms with E-state index < -0.39 is 5.97 Å². The van der Waals surface area contributed by atoms with Gasteiger partial charge in [0.15, 0.2) is 0 Å². The molecule has 0 heterocycles. The van der Waals surface area contributed by atoms with E-state index in [1.165, 1.54) is 12.1 Å². The third-order valence-corrected chi connectivity index (χ3v) is 2.73. The minimum Gasteiger partial charge on any atom is -0.481 e. The molecule has 0 fully saturated rings. The molecule has 0 aliphatic rings. The molecule has 0 amide bonds. The molecule has 0 aliphatic carbocycles. The molecule has 0 spiro atoms. The van der Waals surface area contributed by atoms with Gasteiger partial charge in [0.2, 0.25) is 0 Å². The van der Waals surface area contributed by atoms with Crippen LogP contribution in [0.15, 0.2) is 42.5 Å². The van der Waals surface area contributed by atoms with Crippen molar-refractivity contribution in [2.45, 2.75) is 13.3 Å². The minimum atomic E-state index is -0.882. The molecule has 4 heteroatoms. The van der Waals surface area contributed by atoms with Crippen LogP contribution in [0.3, 0.4) is 0 Å². The van der Waals surface area contributed by atoms with Crippen LogP contribution in [0.4, 0.5) is 15.8 Å². The molecule has 0 bridgehead atoms. The van der Waals surface area contributed by atoms with Crippen LogP contribution in [0.5, 0.6) is 0 Å². The second-order valence-electron chi connectivity index (χ2n) is 4.36. The molecule has 0 unspecified atom stereocenters. The maximum atomic E-state index is 12.8. The van der Waals surface area contributed by atoms with Crippen LogP contribution in [0.2, 0.25) is 0 Å². The molecule has 2 N–H and O–H groups in total. The van der Waals surface area contributed by atoms with Crippen molar-refractivity contribution in [3.05, 3.63) is 59.4 Å². The first-order valence-electron chi connectivity index (χ1n) is 5.88. The highest BCUT2D eigenvalue weighted by Crippen LogP contribution is 2.23. The highest BCUT2D eigenvalue weighted by atomic mass is 19.1. The highest BCUT2D eigenvalue weighted by molar-refractivity contribution is 5.75. The first-order valence-corrected chi connectivity index (χ1v) is 5.88.